The van der Waals surface area contributed by atoms with Crippen LogP contribution < -0.4 is 0 Å². The summed E-state index contributed by atoms with van der Waals surface area (Å²) in [6.45, 7) is 13.4. The lowest BCUT2D eigenvalue weighted by Crippen LogP contribution is -2.36. The Labute approximate surface area is 143 Å². The van der Waals surface area contributed by atoms with E-state index in [0.717, 1.165) is 30.6 Å². The highest BCUT2D eigenvalue weighted by Crippen LogP contribution is 2.38. The molecule has 2 heterocycles. The van der Waals surface area contributed by atoms with Gasteiger partial charge in [0.25, 0.3) is 0 Å². The van der Waals surface area contributed by atoms with Crippen LogP contribution in [0.25, 0.3) is 0 Å². The van der Waals surface area contributed by atoms with Crippen molar-refractivity contribution < 1.29 is 9.53 Å². The van der Waals surface area contributed by atoms with Gasteiger partial charge in [0.1, 0.15) is 10.8 Å². The molecule has 1 aliphatic rings. The average Bonchev–Trinajstić information content (AvgIpc) is 2.93. The van der Waals surface area contributed by atoms with Crippen LogP contribution >= 0.6 is 11.6 Å². The molecule has 0 saturated carbocycles. The highest BCUT2D eigenvalue weighted by Gasteiger charge is 2.36. The Hall–Kier alpha value is -1.23. The van der Waals surface area contributed by atoms with E-state index in [1.54, 1.807) is 4.90 Å². The maximum atomic E-state index is 12.5. The van der Waals surface area contributed by atoms with Gasteiger partial charge in [-0.1, -0.05) is 25.4 Å². The van der Waals surface area contributed by atoms with Crippen LogP contribution in [-0.4, -0.2) is 32.9 Å². The summed E-state index contributed by atoms with van der Waals surface area (Å²) in [5, 5.41) is 5.22. The van der Waals surface area contributed by atoms with Crippen molar-refractivity contribution in [3.63, 3.8) is 0 Å². The Morgan fingerprint density at radius 2 is 2.09 bits per heavy atom. The molecular weight excluding hydrogens is 314 g/mol. The molecule has 0 radical (unpaired) electrons. The van der Waals surface area contributed by atoms with Crippen LogP contribution in [0.1, 0.15) is 64.8 Å². The van der Waals surface area contributed by atoms with Gasteiger partial charge in [0.2, 0.25) is 0 Å². The molecule has 130 valence electrons. The molecule has 0 bridgehead atoms. The predicted molar refractivity (Wildman–Crippen MR) is 91.7 cm³/mol. The Bertz CT molecular complexity index is 575. The summed E-state index contributed by atoms with van der Waals surface area (Å²) < 4.78 is 7.39. The van der Waals surface area contributed by atoms with Gasteiger partial charge >= 0.3 is 6.09 Å². The van der Waals surface area contributed by atoms with Crippen LogP contribution in [0, 0.1) is 12.8 Å². The lowest BCUT2D eigenvalue weighted by atomic mass is 10.1. The van der Waals surface area contributed by atoms with Crippen LogP contribution in [0.4, 0.5) is 4.79 Å². The Morgan fingerprint density at radius 3 is 2.65 bits per heavy atom. The highest BCUT2D eigenvalue weighted by molar-refractivity contribution is 6.30. The summed E-state index contributed by atoms with van der Waals surface area (Å²) in [5.74, 6) is 0.463. The minimum absolute atomic E-state index is 0.0433. The first-order valence-electron chi connectivity index (χ1n) is 8.32. The molecule has 1 saturated heterocycles. The number of halogens is 1. The van der Waals surface area contributed by atoms with E-state index in [-0.39, 0.29) is 12.1 Å². The van der Waals surface area contributed by atoms with Crippen molar-refractivity contribution in [3.8, 4) is 0 Å². The number of nitrogens with zero attached hydrogens (tertiary/aromatic N) is 3. The molecular formula is C17H28ClN3O2. The van der Waals surface area contributed by atoms with Crippen LogP contribution in [0.5, 0.6) is 0 Å². The molecule has 1 aromatic rings. The van der Waals surface area contributed by atoms with Gasteiger partial charge in [-0.05, 0) is 46.5 Å². The first kappa shape index (κ1) is 18.1. The third-order valence-electron chi connectivity index (χ3n) is 3.86. The number of amides is 1. The van der Waals surface area contributed by atoms with Crippen molar-refractivity contribution in [2.24, 2.45) is 5.92 Å². The molecule has 1 amide bonds. The monoisotopic (exact) mass is 341 g/mol. The topological polar surface area (TPSA) is 47.4 Å². The van der Waals surface area contributed by atoms with E-state index in [1.807, 2.05) is 32.4 Å². The zero-order valence-corrected chi connectivity index (χ0v) is 15.8. The number of aryl methyl sites for hydroxylation is 1. The van der Waals surface area contributed by atoms with Crippen molar-refractivity contribution in [1.29, 1.82) is 0 Å². The van der Waals surface area contributed by atoms with Crippen molar-refractivity contribution in [3.05, 3.63) is 16.4 Å². The van der Waals surface area contributed by atoms with Crippen LogP contribution in [-0.2, 0) is 11.3 Å². The largest absolute Gasteiger partial charge is 0.444 e. The summed E-state index contributed by atoms with van der Waals surface area (Å²) in [7, 11) is 0. The van der Waals surface area contributed by atoms with Gasteiger partial charge < -0.3 is 9.64 Å². The SMILES string of the molecule is Cc1nn(CC(C)C)c(Cl)c1C1CCCN1C(=O)OC(C)(C)C. The van der Waals surface area contributed by atoms with E-state index in [2.05, 4.69) is 18.9 Å². The zero-order valence-electron chi connectivity index (χ0n) is 15.0. The molecule has 5 nitrogen and oxygen atoms in total. The van der Waals surface area contributed by atoms with Gasteiger partial charge in [-0.3, -0.25) is 4.68 Å². The molecule has 1 fully saturated rings. The summed E-state index contributed by atoms with van der Waals surface area (Å²) in [6.07, 6.45) is 1.58. The fourth-order valence-electron chi connectivity index (χ4n) is 3.02. The van der Waals surface area contributed by atoms with Crippen molar-refractivity contribution in [2.45, 2.75) is 72.6 Å². The van der Waals surface area contributed by atoms with E-state index < -0.39 is 5.60 Å². The van der Waals surface area contributed by atoms with Gasteiger partial charge in [0, 0.05) is 18.7 Å². The number of carbonyl (C=O) groups excluding carboxylic acids is 1. The van der Waals surface area contributed by atoms with Crippen molar-refractivity contribution in [2.75, 3.05) is 6.54 Å². The predicted octanol–water partition coefficient (Wildman–Crippen LogP) is 4.57. The zero-order chi connectivity index (χ0) is 17.4. The van der Waals surface area contributed by atoms with Crippen molar-refractivity contribution in [1.82, 2.24) is 14.7 Å². The lowest BCUT2D eigenvalue weighted by molar-refractivity contribution is 0.0224. The maximum Gasteiger partial charge on any atom is 0.410 e. The standard InChI is InChI=1S/C17H28ClN3O2/c1-11(2)10-21-15(18)14(12(3)19-21)13-8-7-9-20(13)16(22)23-17(4,5)6/h11,13H,7-10H2,1-6H3. The first-order chi connectivity index (χ1) is 10.6. The van der Waals surface area contributed by atoms with E-state index >= 15 is 0 Å². The highest BCUT2D eigenvalue weighted by atomic mass is 35.5. The van der Waals surface area contributed by atoms with Crippen molar-refractivity contribution >= 4 is 17.7 Å². The second-order valence-corrected chi connectivity index (χ2v) is 8.06. The normalized spacial score (nSPS) is 18.8. The second kappa shape index (κ2) is 6.71. The second-order valence-electron chi connectivity index (χ2n) is 7.70. The first-order valence-corrected chi connectivity index (χ1v) is 8.70. The molecule has 1 atom stereocenters. The molecule has 0 aliphatic carbocycles. The van der Waals surface area contributed by atoms with Crippen LogP contribution in [0.3, 0.4) is 0 Å². The summed E-state index contributed by atoms with van der Waals surface area (Å²) in [4.78, 5) is 14.3. The van der Waals surface area contributed by atoms with E-state index in [0.29, 0.717) is 17.6 Å². The lowest BCUT2D eigenvalue weighted by Gasteiger charge is -2.28. The molecule has 0 aromatic carbocycles. The molecule has 1 aromatic heterocycles. The number of aromatic nitrogens is 2. The third kappa shape index (κ3) is 4.19. The Balaban J connectivity index is 2.26. The van der Waals surface area contributed by atoms with E-state index in [1.165, 1.54) is 0 Å². The van der Waals surface area contributed by atoms with Gasteiger partial charge in [-0.25, -0.2) is 4.79 Å². The summed E-state index contributed by atoms with van der Waals surface area (Å²) >= 11 is 6.58. The number of hydrogen-bond acceptors (Lipinski definition) is 3. The quantitative estimate of drug-likeness (QED) is 0.808. The number of hydrogen-bond donors (Lipinski definition) is 0. The number of rotatable bonds is 3. The third-order valence-corrected chi connectivity index (χ3v) is 4.26. The molecule has 0 spiro atoms. The minimum Gasteiger partial charge on any atom is -0.444 e. The fraction of sp³-hybridized carbons (Fsp3) is 0.765. The van der Waals surface area contributed by atoms with Crippen LogP contribution in [0.2, 0.25) is 5.15 Å². The maximum absolute atomic E-state index is 12.5. The van der Waals surface area contributed by atoms with E-state index in [9.17, 15) is 4.79 Å². The molecule has 1 unspecified atom stereocenters. The summed E-state index contributed by atoms with van der Waals surface area (Å²) in [5.41, 5.74) is 1.37. The van der Waals surface area contributed by atoms with Gasteiger partial charge in [-0.15, -0.1) is 0 Å². The van der Waals surface area contributed by atoms with Gasteiger partial charge in [-0.2, -0.15) is 5.10 Å². The molecule has 6 heteroatoms. The molecule has 23 heavy (non-hydrogen) atoms. The van der Waals surface area contributed by atoms with E-state index in [4.69, 9.17) is 16.3 Å². The van der Waals surface area contributed by atoms with Crippen LogP contribution in [0.15, 0.2) is 0 Å². The molecule has 2 rings (SSSR count). The average molecular weight is 342 g/mol. The fourth-order valence-corrected chi connectivity index (χ4v) is 3.39. The number of likely N-dealkylation sites (tertiary alicyclic amines) is 1. The summed E-state index contributed by atoms with van der Waals surface area (Å²) in [6, 6.07) is -0.0433. The molecule has 0 N–H and O–H groups in total. The Morgan fingerprint density at radius 1 is 1.43 bits per heavy atom. The minimum atomic E-state index is -0.495. The smallest absolute Gasteiger partial charge is 0.410 e. The molecule has 1 aliphatic heterocycles. The number of ether oxygens (including phenoxy) is 1. The Kier molecular flexibility index (Phi) is 5.29. The van der Waals surface area contributed by atoms with Gasteiger partial charge in [0.15, 0.2) is 0 Å². The van der Waals surface area contributed by atoms with Gasteiger partial charge in [0.05, 0.1) is 11.7 Å². The number of carbonyl (C=O) groups is 1.